The zero-order chi connectivity index (χ0) is 11.8. The molecule has 4 heteroatoms. The van der Waals surface area contributed by atoms with E-state index in [0.717, 1.165) is 34.6 Å². The highest BCUT2D eigenvalue weighted by molar-refractivity contribution is 9.10. The molecule has 1 aliphatic heterocycles. The predicted octanol–water partition coefficient (Wildman–Crippen LogP) is 2.82. The summed E-state index contributed by atoms with van der Waals surface area (Å²) in [5.74, 6) is 0.791. The lowest BCUT2D eigenvalue weighted by Crippen LogP contribution is -2.00. The van der Waals surface area contributed by atoms with Crippen molar-refractivity contribution in [3.8, 4) is 11.4 Å². The number of aromatic nitrogens is 2. The number of fused-ring (bicyclic) bond motifs is 1. The maximum atomic E-state index is 4.61. The van der Waals surface area contributed by atoms with E-state index in [2.05, 4.69) is 56.3 Å². The van der Waals surface area contributed by atoms with Crippen molar-refractivity contribution in [1.82, 2.24) is 15.3 Å². The topological polar surface area (TPSA) is 37.8 Å². The van der Waals surface area contributed by atoms with E-state index >= 15 is 0 Å². The van der Waals surface area contributed by atoms with Gasteiger partial charge in [0.05, 0.1) is 5.69 Å². The number of nitrogens with zero attached hydrogens (tertiary/aromatic N) is 2. The molecule has 1 aromatic heterocycles. The van der Waals surface area contributed by atoms with Gasteiger partial charge >= 0.3 is 0 Å². The van der Waals surface area contributed by atoms with Crippen molar-refractivity contribution in [2.45, 2.75) is 20.0 Å². The Morgan fingerprint density at radius 1 is 1.29 bits per heavy atom. The van der Waals surface area contributed by atoms with Crippen LogP contribution < -0.4 is 5.32 Å². The molecule has 1 N–H and O–H groups in total. The van der Waals surface area contributed by atoms with Crippen LogP contribution in [0.15, 0.2) is 28.9 Å². The summed E-state index contributed by atoms with van der Waals surface area (Å²) >= 11 is 3.57. The van der Waals surface area contributed by atoms with Crippen LogP contribution in [0.3, 0.4) is 0 Å². The van der Waals surface area contributed by atoms with Crippen LogP contribution in [0.1, 0.15) is 16.8 Å². The molecule has 0 radical (unpaired) electrons. The Bertz CT molecular complexity index is 581. The summed E-state index contributed by atoms with van der Waals surface area (Å²) in [6.45, 7) is 3.79. The summed E-state index contributed by atoms with van der Waals surface area (Å²) in [5.41, 5.74) is 4.59. The standard InChI is InChI=1S/C13H12BrN3/c1-8-2-3-10(11(14)4-8)13-16-6-9-5-15-7-12(9)17-13/h2-4,6,15H,5,7H2,1H3. The molecule has 0 saturated heterocycles. The zero-order valence-electron chi connectivity index (χ0n) is 9.50. The maximum absolute atomic E-state index is 4.61. The molecular weight excluding hydrogens is 278 g/mol. The van der Waals surface area contributed by atoms with Gasteiger partial charge in [0.1, 0.15) is 0 Å². The normalized spacial score (nSPS) is 13.8. The Balaban J connectivity index is 2.09. The Morgan fingerprint density at radius 2 is 2.18 bits per heavy atom. The SMILES string of the molecule is Cc1ccc(-c2ncc3c(n2)CNC3)c(Br)c1. The number of halogens is 1. The summed E-state index contributed by atoms with van der Waals surface area (Å²) in [4.78, 5) is 9.04. The molecule has 1 aromatic carbocycles. The lowest BCUT2D eigenvalue weighted by molar-refractivity contribution is 0.758. The predicted molar refractivity (Wildman–Crippen MR) is 70.4 cm³/mol. The number of nitrogens with one attached hydrogen (secondary N) is 1. The van der Waals surface area contributed by atoms with Crippen LogP contribution in [-0.4, -0.2) is 9.97 Å². The highest BCUT2D eigenvalue weighted by Crippen LogP contribution is 2.27. The molecule has 17 heavy (non-hydrogen) atoms. The average molecular weight is 290 g/mol. The van der Waals surface area contributed by atoms with E-state index in [0.29, 0.717) is 0 Å². The quantitative estimate of drug-likeness (QED) is 0.877. The van der Waals surface area contributed by atoms with Crippen LogP contribution in [0, 0.1) is 6.92 Å². The minimum atomic E-state index is 0.791. The Hall–Kier alpha value is -1.26. The first-order valence-electron chi connectivity index (χ1n) is 5.56. The average Bonchev–Trinajstić information content (AvgIpc) is 2.75. The summed E-state index contributed by atoms with van der Waals surface area (Å²) in [6, 6.07) is 6.22. The van der Waals surface area contributed by atoms with Crippen LogP contribution in [0.25, 0.3) is 11.4 Å². The van der Waals surface area contributed by atoms with E-state index in [-0.39, 0.29) is 0 Å². The molecule has 0 fully saturated rings. The van der Waals surface area contributed by atoms with Crippen LogP contribution in [0.5, 0.6) is 0 Å². The van der Waals surface area contributed by atoms with Crippen LogP contribution >= 0.6 is 15.9 Å². The maximum Gasteiger partial charge on any atom is 0.160 e. The van der Waals surface area contributed by atoms with Crippen molar-refractivity contribution in [1.29, 1.82) is 0 Å². The summed E-state index contributed by atoms with van der Waals surface area (Å²) in [5, 5.41) is 3.28. The molecule has 0 unspecified atom stereocenters. The third-order valence-electron chi connectivity index (χ3n) is 2.93. The summed E-state index contributed by atoms with van der Waals surface area (Å²) in [6.07, 6.45) is 1.92. The van der Waals surface area contributed by atoms with Crippen molar-refractivity contribution in [3.63, 3.8) is 0 Å². The van der Waals surface area contributed by atoms with Crippen molar-refractivity contribution < 1.29 is 0 Å². The smallest absolute Gasteiger partial charge is 0.160 e. The molecule has 86 valence electrons. The lowest BCUT2D eigenvalue weighted by Gasteiger charge is -2.05. The number of aryl methyl sites for hydroxylation is 1. The summed E-state index contributed by atoms with van der Waals surface area (Å²) in [7, 11) is 0. The molecule has 0 saturated carbocycles. The molecule has 3 nitrogen and oxygen atoms in total. The second kappa shape index (κ2) is 4.20. The number of hydrogen-bond acceptors (Lipinski definition) is 3. The van der Waals surface area contributed by atoms with E-state index in [1.807, 2.05) is 6.20 Å². The van der Waals surface area contributed by atoms with E-state index < -0.39 is 0 Å². The fourth-order valence-electron chi connectivity index (χ4n) is 1.99. The minimum absolute atomic E-state index is 0.791. The Morgan fingerprint density at radius 3 is 3.00 bits per heavy atom. The Kier molecular flexibility index (Phi) is 2.68. The first-order chi connectivity index (χ1) is 8.24. The van der Waals surface area contributed by atoms with E-state index in [4.69, 9.17) is 0 Å². The second-order valence-electron chi connectivity index (χ2n) is 4.25. The van der Waals surface area contributed by atoms with Gasteiger partial charge in [-0.2, -0.15) is 0 Å². The molecule has 0 bridgehead atoms. The van der Waals surface area contributed by atoms with Crippen molar-refractivity contribution in [2.75, 3.05) is 0 Å². The molecule has 0 atom stereocenters. The highest BCUT2D eigenvalue weighted by atomic mass is 79.9. The third kappa shape index (κ3) is 1.98. The third-order valence-corrected chi connectivity index (χ3v) is 3.58. The number of hydrogen-bond donors (Lipinski definition) is 1. The van der Waals surface area contributed by atoms with E-state index in [1.165, 1.54) is 11.1 Å². The molecule has 1 aliphatic rings. The fraction of sp³-hybridized carbons (Fsp3) is 0.231. The van der Waals surface area contributed by atoms with E-state index in [1.54, 1.807) is 0 Å². The first-order valence-corrected chi connectivity index (χ1v) is 6.35. The molecule has 0 amide bonds. The van der Waals surface area contributed by atoms with Gasteiger partial charge in [-0.25, -0.2) is 9.97 Å². The number of rotatable bonds is 1. The Labute approximate surface area is 108 Å². The van der Waals surface area contributed by atoms with Gasteiger partial charge in [0.25, 0.3) is 0 Å². The lowest BCUT2D eigenvalue weighted by atomic mass is 10.1. The van der Waals surface area contributed by atoms with Gasteiger partial charge in [-0.15, -0.1) is 0 Å². The molecule has 0 aliphatic carbocycles. The zero-order valence-corrected chi connectivity index (χ0v) is 11.1. The molecular formula is C13H12BrN3. The van der Waals surface area contributed by atoms with E-state index in [9.17, 15) is 0 Å². The molecule has 3 rings (SSSR count). The van der Waals surface area contributed by atoms with Crippen LogP contribution in [0.2, 0.25) is 0 Å². The van der Waals surface area contributed by atoms with Crippen LogP contribution in [0.4, 0.5) is 0 Å². The van der Waals surface area contributed by atoms with Crippen molar-refractivity contribution >= 4 is 15.9 Å². The molecule has 0 spiro atoms. The first kappa shape index (κ1) is 10.9. The molecule has 2 aromatic rings. The van der Waals surface area contributed by atoms with Gasteiger partial charge in [-0.05, 0) is 24.6 Å². The summed E-state index contributed by atoms with van der Waals surface area (Å²) < 4.78 is 1.04. The monoisotopic (exact) mass is 289 g/mol. The van der Waals surface area contributed by atoms with Crippen LogP contribution in [-0.2, 0) is 13.1 Å². The van der Waals surface area contributed by atoms with Gasteiger partial charge in [0.2, 0.25) is 0 Å². The van der Waals surface area contributed by atoms with Gasteiger partial charge < -0.3 is 5.32 Å². The van der Waals surface area contributed by atoms with Crippen molar-refractivity contribution in [3.05, 3.63) is 45.7 Å². The number of benzene rings is 1. The van der Waals surface area contributed by atoms with Gasteiger partial charge in [-0.3, -0.25) is 0 Å². The highest BCUT2D eigenvalue weighted by Gasteiger charge is 2.14. The van der Waals surface area contributed by atoms with Gasteiger partial charge in [0, 0.05) is 34.9 Å². The van der Waals surface area contributed by atoms with Gasteiger partial charge in [-0.1, -0.05) is 22.0 Å². The molecule has 2 heterocycles. The minimum Gasteiger partial charge on any atom is -0.307 e. The largest absolute Gasteiger partial charge is 0.307 e. The second-order valence-corrected chi connectivity index (χ2v) is 5.11. The fourth-order valence-corrected chi connectivity index (χ4v) is 2.66. The van der Waals surface area contributed by atoms with Gasteiger partial charge in [0.15, 0.2) is 5.82 Å². The van der Waals surface area contributed by atoms with Crippen molar-refractivity contribution in [2.24, 2.45) is 0 Å².